The Balaban J connectivity index is 2.53. The monoisotopic (exact) mass is 339 g/mol. The van der Waals surface area contributed by atoms with E-state index in [9.17, 15) is 9.59 Å². The van der Waals surface area contributed by atoms with Gasteiger partial charge in [-0.2, -0.15) is 0 Å². The summed E-state index contributed by atoms with van der Waals surface area (Å²) in [5.74, 6) is 1.81. The second-order valence-electron chi connectivity index (χ2n) is 7.76. The topological polar surface area (TPSA) is 55.4 Å². The van der Waals surface area contributed by atoms with Gasteiger partial charge in [0.05, 0.1) is 13.2 Å². The van der Waals surface area contributed by atoms with E-state index in [-0.39, 0.29) is 30.3 Å². The van der Waals surface area contributed by atoms with E-state index in [1.807, 2.05) is 6.92 Å². The van der Waals surface area contributed by atoms with E-state index in [4.69, 9.17) is 4.74 Å². The lowest BCUT2D eigenvalue weighted by Crippen LogP contribution is -2.44. The zero-order valence-electron chi connectivity index (χ0n) is 16.3. The molecule has 4 atom stereocenters. The van der Waals surface area contributed by atoms with E-state index in [2.05, 4.69) is 33.0 Å². The molecule has 1 rings (SSSR count). The average molecular weight is 340 g/mol. The van der Waals surface area contributed by atoms with Gasteiger partial charge in [0.25, 0.3) is 0 Å². The second-order valence-corrected chi connectivity index (χ2v) is 7.76. The first kappa shape index (κ1) is 21.1. The van der Waals surface area contributed by atoms with E-state index in [0.29, 0.717) is 30.8 Å². The molecule has 140 valence electrons. The molecule has 1 N–H and O–H groups in total. The lowest BCUT2D eigenvalue weighted by atomic mass is 9.68. The van der Waals surface area contributed by atoms with E-state index in [1.165, 1.54) is 6.42 Å². The van der Waals surface area contributed by atoms with Crippen molar-refractivity contribution in [1.29, 1.82) is 0 Å². The highest BCUT2D eigenvalue weighted by molar-refractivity contribution is 5.84. The van der Waals surface area contributed by atoms with Crippen molar-refractivity contribution < 1.29 is 14.3 Å². The van der Waals surface area contributed by atoms with Crippen molar-refractivity contribution in [3.05, 3.63) is 0 Å². The van der Waals surface area contributed by atoms with Crippen molar-refractivity contribution in [2.45, 2.75) is 79.2 Å². The van der Waals surface area contributed by atoms with Gasteiger partial charge in [-0.3, -0.25) is 14.9 Å². The van der Waals surface area contributed by atoms with Crippen LogP contribution in [0.1, 0.15) is 73.1 Å². The van der Waals surface area contributed by atoms with Gasteiger partial charge in [0.1, 0.15) is 11.8 Å². The first-order valence-corrected chi connectivity index (χ1v) is 9.83. The number of carbonyl (C=O) groups is 2. The fraction of sp³-hybridized carbons (Fsp3) is 0.900. The standard InChI is InChI=1S/C20H37NO3/c1-6-8-11-24-20(23)18(7-2)21-13-19(22)17-12-15(5)9-10-16(17)14(3)4/h14-18,21H,6-13H2,1-5H3/t15-,16+,17-,18-/m1/s1. The summed E-state index contributed by atoms with van der Waals surface area (Å²) >= 11 is 0. The highest BCUT2D eigenvalue weighted by atomic mass is 16.5. The number of esters is 1. The SMILES string of the molecule is CCCCOC(=O)[C@@H](CC)NCC(=O)[C@@H]1C[C@H](C)CC[C@H]1C(C)C. The Kier molecular flexibility index (Phi) is 9.57. The zero-order chi connectivity index (χ0) is 18.1. The Labute approximate surface area is 148 Å². The van der Waals surface area contributed by atoms with Crippen LogP contribution in [0.4, 0.5) is 0 Å². The fourth-order valence-electron chi connectivity index (χ4n) is 3.74. The highest BCUT2D eigenvalue weighted by Gasteiger charge is 2.35. The minimum Gasteiger partial charge on any atom is -0.465 e. The predicted octanol–water partition coefficient (Wildman–Crippen LogP) is 3.98. The Morgan fingerprint density at radius 1 is 1.21 bits per heavy atom. The molecule has 0 amide bonds. The summed E-state index contributed by atoms with van der Waals surface area (Å²) in [5, 5.41) is 3.14. The van der Waals surface area contributed by atoms with Crippen molar-refractivity contribution >= 4 is 11.8 Å². The van der Waals surface area contributed by atoms with E-state index >= 15 is 0 Å². The van der Waals surface area contributed by atoms with Crippen LogP contribution in [-0.2, 0) is 14.3 Å². The molecular weight excluding hydrogens is 302 g/mol. The maximum Gasteiger partial charge on any atom is 0.323 e. The van der Waals surface area contributed by atoms with Crippen molar-refractivity contribution in [3.8, 4) is 0 Å². The molecule has 0 spiro atoms. The van der Waals surface area contributed by atoms with Gasteiger partial charge in [0.2, 0.25) is 0 Å². The first-order chi connectivity index (χ1) is 11.4. The second kappa shape index (κ2) is 10.9. The van der Waals surface area contributed by atoms with Crippen molar-refractivity contribution in [1.82, 2.24) is 5.32 Å². The highest BCUT2D eigenvalue weighted by Crippen LogP contribution is 2.38. The summed E-state index contributed by atoms with van der Waals surface area (Å²) in [6.45, 7) is 11.4. The van der Waals surface area contributed by atoms with Gasteiger partial charge in [0.15, 0.2) is 0 Å². The third-order valence-electron chi connectivity index (χ3n) is 5.39. The normalized spacial score (nSPS) is 25.5. The minimum atomic E-state index is -0.371. The zero-order valence-corrected chi connectivity index (χ0v) is 16.3. The quantitative estimate of drug-likeness (QED) is 0.483. The minimum absolute atomic E-state index is 0.134. The van der Waals surface area contributed by atoms with Gasteiger partial charge < -0.3 is 4.74 Å². The van der Waals surface area contributed by atoms with Crippen molar-refractivity contribution in [2.75, 3.05) is 13.2 Å². The van der Waals surface area contributed by atoms with Crippen LogP contribution in [0.15, 0.2) is 0 Å². The molecule has 0 aromatic carbocycles. The Bertz CT molecular complexity index is 394. The molecule has 0 saturated heterocycles. The fourth-order valence-corrected chi connectivity index (χ4v) is 3.74. The van der Waals surface area contributed by atoms with E-state index < -0.39 is 0 Å². The number of ketones is 1. The molecule has 0 heterocycles. The first-order valence-electron chi connectivity index (χ1n) is 9.83. The largest absolute Gasteiger partial charge is 0.465 e. The van der Waals surface area contributed by atoms with Gasteiger partial charge in [-0.05, 0) is 43.4 Å². The smallest absolute Gasteiger partial charge is 0.323 e. The number of hydrogen-bond donors (Lipinski definition) is 1. The van der Waals surface area contributed by atoms with Crippen molar-refractivity contribution in [2.24, 2.45) is 23.7 Å². The summed E-state index contributed by atoms with van der Waals surface area (Å²) in [7, 11) is 0. The van der Waals surface area contributed by atoms with Crippen LogP contribution in [0.3, 0.4) is 0 Å². The predicted molar refractivity (Wildman–Crippen MR) is 97.8 cm³/mol. The average Bonchev–Trinajstić information content (AvgIpc) is 2.55. The molecule has 0 aliphatic heterocycles. The Hall–Kier alpha value is -0.900. The van der Waals surface area contributed by atoms with Gasteiger partial charge in [-0.15, -0.1) is 0 Å². The van der Waals surface area contributed by atoms with Gasteiger partial charge in [-0.1, -0.05) is 47.5 Å². The summed E-state index contributed by atoms with van der Waals surface area (Å²) < 4.78 is 5.28. The molecular formula is C20H37NO3. The Morgan fingerprint density at radius 2 is 1.92 bits per heavy atom. The molecule has 1 aliphatic rings. The molecule has 24 heavy (non-hydrogen) atoms. The maximum atomic E-state index is 12.7. The van der Waals surface area contributed by atoms with E-state index in [0.717, 1.165) is 25.7 Å². The van der Waals surface area contributed by atoms with Crippen LogP contribution in [0, 0.1) is 23.7 Å². The van der Waals surface area contributed by atoms with Gasteiger partial charge >= 0.3 is 5.97 Å². The summed E-state index contributed by atoms with van der Waals surface area (Å²) in [5.41, 5.74) is 0. The molecule has 1 saturated carbocycles. The van der Waals surface area contributed by atoms with Crippen molar-refractivity contribution in [3.63, 3.8) is 0 Å². The molecule has 0 aromatic heterocycles. The summed E-state index contributed by atoms with van der Waals surface area (Å²) in [6, 6.07) is -0.371. The van der Waals surface area contributed by atoms with E-state index in [1.54, 1.807) is 0 Å². The molecule has 4 heteroatoms. The van der Waals surface area contributed by atoms with Crippen LogP contribution < -0.4 is 5.32 Å². The van der Waals surface area contributed by atoms with Crippen LogP contribution in [0.5, 0.6) is 0 Å². The molecule has 1 aliphatic carbocycles. The number of carbonyl (C=O) groups excluding carboxylic acids is 2. The summed E-state index contributed by atoms with van der Waals surface area (Å²) in [4.78, 5) is 24.8. The summed E-state index contributed by atoms with van der Waals surface area (Å²) in [6.07, 6.45) is 5.89. The number of Topliss-reactive ketones (excluding diaryl/α,β-unsaturated/α-hetero) is 1. The number of nitrogens with one attached hydrogen (secondary N) is 1. The molecule has 4 nitrogen and oxygen atoms in total. The molecule has 1 fully saturated rings. The number of hydrogen-bond acceptors (Lipinski definition) is 4. The number of unbranched alkanes of at least 4 members (excludes halogenated alkanes) is 1. The van der Waals surface area contributed by atoms with Crippen LogP contribution >= 0.6 is 0 Å². The molecule has 0 unspecified atom stereocenters. The molecule has 0 radical (unpaired) electrons. The number of ether oxygens (including phenoxy) is 1. The number of rotatable bonds is 10. The maximum absolute atomic E-state index is 12.7. The Morgan fingerprint density at radius 3 is 2.50 bits per heavy atom. The lowest BCUT2D eigenvalue weighted by molar-refractivity contribution is -0.146. The lowest BCUT2D eigenvalue weighted by Gasteiger charge is -2.36. The third-order valence-corrected chi connectivity index (χ3v) is 5.39. The van der Waals surface area contributed by atoms with Crippen LogP contribution in [0.2, 0.25) is 0 Å². The van der Waals surface area contributed by atoms with Gasteiger partial charge in [0, 0.05) is 5.92 Å². The van der Waals surface area contributed by atoms with Crippen LogP contribution in [0.25, 0.3) is 0 Å². The third kappa shape index (κ3) is 6.54. The van der Waals surface area contributed by atoms with Gasteiger partial charge in [-0.25, -0.2) is 0 Å². The molecule has 0 aromatic rings. The molecule has 0 bridgehead atoms. The van der Waals surface area contributed by atoms with Crippen LogP contribution in [-0.4, -0.2) is 30.9 Å².